The third-order valence-corrected chi connectivity index (χ3v) is 6.84. The fraction of sp³-hybridized carbons (Fsp3) is 0.333. The van der Waals surface area contributed by atoms with Crippen LogP contribution in [0.15, 0.2) is 60.7 Å². The van der Waals surface area contributed by atoms with Gasteiger partial charge in [-0.05, 0) is 12.8 Å². The Labute approximate surface area is 180 Å². The lowest BCUT2D eigenvalue weighted by atomic mass is 9.96. The van der Waals surface area contributed by atoms with Crippen LogP contribution in [-0.4, -0.2) is 48.4 Å². The molecule has 3 aromatic rings. The molecule has 0 N–H and O–H groups in total. The molecule has 0 radical (unpaired) electrons. The summed E-state index contributed by atoms with van der Waals surface area (Å²) >= 11 is 1.48. The third kappa shape index (κ3) is 3.90. The molecule has 0 saturated carbocycles. The molecule has 2 aromatic carbocycles. The van der Waals surface area contributed by atoms with Crippen LogP contribution in [-0.2, 0) is 9.47 Å². The summed E-state index contributed by atoms with van der Waals surface area (Å²) in [5, 5.41) is 0.875. The Morgan fingerprint density at radius 1 is 0.900 bits per heavy atom. The molecule has 5 rings (SSSR count). The number of rotatable bonds is 4. The van der Waals surface area contributed by atoms with E-state index in [1.54, 1.807) is 0 Å². The fourth-order valence-electron chi connectivity index (χ4n) is 4.13. The summed E-state index contributed by atoms with van der Waals surface area (Å²) in [6.45, 7) is 2.79. The molecule has 0 atom stereocenters. The highest BCUT2D eigenvalue weighted by Gasteiger charge is 2.33. The average Bonchev–Trinajstić information content (AvgIpc) is 3.51. The predicted octanol–water partition coefficient (Wildman–Crippen LogP) is 4.70. The van der Waals surface area contributed by atoms with Crippen LogP contribution < -0.4 is 0 Å². The molecule has 2 saturated heterocycles. The van der Waals surface area contributed by atoms with E-state index in [4.69, 9.17) is 14.5 Å². The Balaban J connectivity index is 1.41. The number of benzene rings is 2. The zero-order valence-electron chi connectivity index (χ0n) is 16.7. The first-order chi connectivity index (χ1) is 14.8. The van der Waals surface area contributed by atoms with Gasteiger partial charge in [0.15, 0.2) is 6.29 Å². The number of carbonyl (C=O) groups is 1. The lowest BCUT2D eigenvalue weighted by Crippen LogP contribution is -2.41. The van der Waals surface area contributed by atoms with Gasteiger partial charge < -0.3 is 14.4 Å². The topological polar surface area (TPSA) is 51.7 Å². The number of thiazole rings is 1. The van der Waals surface area contributed by atoms with Crippen molar-refractivity contribution >= 4 is 17.2 Å². The molecule has 5 nitrogen and oxygen atoms in total. The van der Waals surface area contributed by atoms with Gasteiger partial charge in [0.2, 0.25) is 0 Å². The van der Waals surface area contributed by atoms with Crippen molar-refractivity contribution in [1.29, 1.82) is 0 Å². The number of nitrogens with zero attached hydrogens (tertiary/aromatic N) is 2. The number of hydrogen-bond donors (Lipinski definition) is 0. The molecule has 2 aliphatic rings. The maximum atomic E-state index is 13.5. The predicted molar refractivity (Wildman–Crippen MR) is 117 cm³/mol. The summed E-state index contributed by atoms with van der Waals surface area (Å²) in [4.78, 5) is 21.0. The molecule has 154 valence electrons. The molecule has 0 bridgehead atoms. The van der Waals surface area contributed by atoms with Crippen LogP contribution in [0.25, 0.3) is 21.8 Å². The molecule has 0 spiro atoms. The minimum atomic E-state index is -0.102. The second kappa shape index (κ2) is 8.68. The normalized spacial score (nSPS) is 18.1. The summed E-state index contributed by atoms with van der Waals surface area (Å²) in [5.41, 5.74) is 2.78. The number of likely N-dealkylation sites (tertiary alicyclic amines) is 1. The molecule has 2 aliphatic heterocycles. The quantitative estimate of drug-likeness (QED) is 0.614. The lowest BCUT2D eigenvalue weighted by molar-refractivity contribution is -0.0955. The van der Waals surface area contributed by atoms with Crippen molar-refractivity contribution in [3.8, 4) is 21.8 Å². The molecule has 0 aliphatic carbocycles. The van der Waals surface area contributed by atoms with E-state index in [9.17, 15) is 4.79 Å². The van der Waals surface area contributed by atoms with Gasteiger partial charge in [-0.1, -0.05) is 60.7 Å². The largest absolute Gasteiger partial charge is 0.350 e. The van der Waals surface area contributed by atoms with Gasteiger partial charge in [0, 0.05) is 30.1 Å². The van der Waals surface area contributed by atoms with Gasteiger partial charge in [0.1, 0.15) is 9.88 Å². The van der Waals surface area contributed by atoms with Gasteiger partial charge in [-0.2, -0.15) is 0 Å². The molecule has 0 unspecified atom stereocenters. The van der Waals surface area contributed by atoms with Crippen molar-refractivity contribution < 1.29 is 14.3 Å². The number of aromatic nitrogens is 1. The summed E-state index contributed by atoms with van der Waals surface area (Å²) in [6.07, 6.45) is 1.71. The van der Waals surface area contributed by atoms with Crippen LogP contribution in [0.1, 0.15) is 22.5 Å². The van der Waals surface area contributed by atoms with Crippen LogP contribution in [0.3, 0.4) is 0 Å². The Morgan fingerprint density at radius 3 is 2.13 bits per heavy atom. The number of ether oxygens (including phenoxy) is 2. The standard InChI is InChI=1S/C24H24N2O3S/c27-23(26-13-11-19(12-14-26)24-28-15-16-29-24)21-20(17-7-3-1-4-8-17)25-22(30-21)18-9-5-2-6-10-18/h1-10,19,24H,11-16H2. The van der Waals surface area contributed by atoms with E-state index in [0.717, 1.165) is 47.8 Å². The van der Waals surface area contributed by atoms with Crippen molar-refractivity contribution in [2.24, 2.45) is 5.92 Å². The van der Waals surface area contributed by atoms with Crippen molar-refractivity contribution in [3.63, 3.8) is 0 Å². The van der Waals surface area contributed by atoms with Crippen molar-refractivity contribution in [2.45, 2.75) is 19.1 Å². The Bertz CT molecular complexity index is 992. The molecule has 1 amide bonds. The van der Waals surface area contributed by atoms with Gasteiger partial charge in [0.25, 0.3) is 5.91 Å². The molecule has 2 fully saturated rings. The smallest absolute Gasteiger partial charge is 0.266 e. The van der Waals surface area contributed by atoms with Gasteiger partial charge in [0.05, 0.1) is 18.9 Å². The first-order valence-electron chi connectivity index (χ1n) is 10.4. The van der Waals surface area contributed by atoms with E-state index < -0.39 is 0 Å². The summed E-state index contributed by atoms with van der Waals surface area (Å²) in [7, 11) is 0. The van der Waals surface area contributed by atoms with Crippen LogP contribution in [0.5, 0.6) is 0 Å². The number of amides is 1. The molecule has 30 heavy (non-hydrogen) atoms. The van der Waals surface area contributed by atoms with E-state index in [-0.39, 0.29) is 12.2 Å². The third-order valence-electron chi connectivity index (χ3n) is 5.75. The van der Waals surface area contributed by atoms with E-state index in [0.29, 0.717) is 24.0 Å². The van der Waals surface area contributed by atoms with Gasteiger partial charge in [-0.25, -0.2) is 4.98 Å². The van der Waals surface area contributed by atoms with Crippen molar-refractivity contribution in [2.75, 3.05) is 26.3 Å². The van der Waals surface area contributed by atoms with Gasteiger partial charge in [-0.15, -0.1) is 11.3 Å². The highest BCUT2D eigenvalue weighted by atomic mass is 32.1. The Hall–Kier alpha value is -2.54. The first kappa shape index (κ1) is 19.4. The highest BCUT2D eigenvalue weighted by molar-refractivity contribution is 7.17. The summed E-state index contributed by atoms with van der Waals surface area (Å²) < 4.78 is 11.3. The molecule has 6 heteroatoms. The zero-order valence-corrected chi connectivity index (χ0v) is 17.5. The van der Waals surface area contributed by atoms with Crippen LogP contribution in [0, 0.1) is 5.92 Å². The van der Waals surface area contributed by atoms with E-state index in [2.05, 4.69) is 0 Å². The maximum Gasteiger partial charge on any atom is 0.266 e. The van der Waals surface area contributed by atoms with Crippen molar-refractivity contribution in [3.05, 3.63) is 65.5 Å². The minimum absolute atomic E-state index is 0.0697. The number of piperidine rings is 1. The Morgan fingerprint density at radius 2 is 1.50 bits per heavy atom. The second-order valence-electron chi connectivity index (χ2n) is 7.67. The number of hydrogen-bond acceptors (Lipinski definition) is 5. The van der Waals surface area contributed by atoms with Gasteiger partial charge in [-0.3, -0.25) is 4.79 Å². The Kier molecular flexibility index (Phi) is 5.62. The van der Waals surface area contributed by atoms with E-state index in [1.807, 2.05) is 65.6 Å². The summed E-state index contributed by atoms with van der Waals surface area (Å²) in [6, 6.07) is 20.0. The van der Waals surface area contributed by atoms with E-state index in [1.165, 1.54) is 11.3 Å². The van der Waals surface area contributed by atoms with Crippen molar-refractivity contribution in [1.82, 2.24) is 9.88 Å². The molecule has 3 heterocycles. The maximum absolute atomic E-state index is 13.5. The number of carbonyl (C=O) groups excluding carboxylic acids is 1. The SMILES string of the molecule is O=C(c1sc(-c2ccccc2)nc1-c1ccccc1)N1CCC(C2OCCO2)CC1. The second-order valence-corrected chi connectivity index (χ2v) is 8.67. The average molecular weight is 421 g/mol. The fourth-order valence-corrected chi connectivity index (χ4v) is 5.19. The van der Waals surface area contributed by atoms with Gasteiger partial charge >= 0.3 is 0 Å². The van der Waals surface area contributed by atoms with Crippen LogP contribution in [0.4, 0.5) is 0 Å². The lowest BCUT2D eigenvalue weighted by Gasteiger charge is -2.33. The molecular weight excluding hydrogens is 396 g/mol. The monoisotopic (exact) mass is 420 g/mol. The van der Waals surface area contributed by atoms with Crippen LogP contribution >= 0.6 is 11.3 Å². The summed E-state index contributed by atoms with van der Waals surface area (Å²) in [5.74, 6) is 0.437. The minimum Gasteiger partial charge on any atom is -0.350 e. The van der Waals surface area contributed by atoms with Crippen LogP contribution in [0.2, 0.25) is 0 Å². The molecule has 1 aromatic heterocycles. The molecular formula is C24H24N2O3S. The zero-order chi connectivity index (χ0) is 20.3. The first-order valence-corrected chi connectivity index (χ1v) is 11.3. The van der Waals surface area contributed by atoms with E-state index >= 15 is 0 Å². The highest BCUT2D eigenvalue weighted by Crippen LogP contribution is 2.35.